The molecule has 1 aliphatic heterocycles. The number of piperazine rings is 1. The fourth-order valence-corrected chi connectivity index (χ4v) is 1.51. The number of nitrogens with one attached hydrogen (secondary N) is 1. The van der Waals surface area contributed by atoms with Crippen molar-refractivity contribution >= 4 is 17.7 Å². The first-order chi connectivity index (χ1) is 8.65. The van der Waals surface area contributed by atoms with Crippen LogP contribution in [0.25, 0.3) is 0 Å². The van der Waals surface area contributed by atoms with Crippen LogP contribution in [0.3, 0.4) is 0 Å². The Bertz CT molecular complexity index is 539. The zero-order valence-corrected chi connectivity index (χ0v) is 9.47. The molecule has 3 amide bonds. The minimum absolute atomic E-state index is 0.131. The minimum Gasteiger partial charge on any atom is -0.313 e. The van der Waals surface area contributed by atoms with E-state index < -0.39 is 17.7 Å². The van der Waals surface area contributed by atoms with Gasteiger partial charge in [-0.15, -0.1) is 0 Å². The van der Waals surface area contributed by atoms with Crippen LogP contribution >= 0.6 is 0 Å². The summed E-state index contributed by atoms with van der Waals surface area (Å²) >= 11 is 0. The van der Waals surface area contributed by atoms with Gasteiger partial charge in [0.1, 0.15) is 13.1 Å². The molecule has 1 N–H and O–H groups in total. The molecule has 5 heteroatoms. The van der Waals surface area contributed by atoms with E-state index in [1.54, 1.807) is 12.1 Å². The molecule has 0 aliphatic carbocycles. The van der Waals surface area contributed by atoms with E-state index in [2.05, 4.69) is 17.2 Å². The summed E-state index contributed by atoms with van der Waals surface area (Å²) < 4.78 is 0. The van der Waals surface area contributed by atoms with Gasteiger partial charge in [-0.05, 0) is 12.1 Å². The first-order valence-electron chi connectivity index (χ1n) is 5.34. The lowest BCUT2D eigenvalue weighted by Crippen LogP contribution is -2.53. The summed E-state index contributed by atoms with van der Waals surface area (Å²) in [4.78, 5) is 35.0. The van der Waals surface area contributed by atoms with Crippen molar-refractivity contribution in [1.82, 2.24) is 10.2 Å². The highest BCUT2D eigenvalue weighted by Crippen LogP contribution is 1.97. The molecule has 1 aliphatic rings. The largest absolute Gasteiger partial charge is 0.313 e. The molecular formula is C13H10N2O3. The van der Waals surface area contributed by atoms with E-state index in [-0.39, 0.29) is 13.1 Å². The van der Waals surface area contributed by atoms with Gasteiger partial charge in [0, 0.05) is 11.5 Å². The highest BCUT2D eigenvalue weighted by Gasteiger charge is 2.25. The van der Waals surface area contributed by atoms with Crippen molar-refractivity contribution in [3.05, 3.63) is 35.9 Å². The first-order valence-corrected chi connectivity index (χ1v) is 5.34. The van der Waals surface area contributed by atoms with E-state index in [1.807, 2.05) is 18.2 Å². The third-order valence-corrected chi connectivity index (χ3v) is 2.32. The second kappa shape index (κ2) is 5.15. The maximum Gasteiger partial charge on any atom is 0.299 e. The molecule has 1 heterocycles. The van der Waals surface area contributed by atoms with Crippen LogP contribution in [0, 0.1) is 11.8 Å². The van der Waals surface area contributed by atoms with Crippen LogP contribution in [0.2, 0.25) is 0 Å². The number of rotatable bonds is 0. The van der Waals surface area contributed by atoms with Gasteiger partial charge < -0.3 is 4.90 Å². The third kappa shape index (κ3) is 2.95. The van der Waals surface area contributed by atoms with Gasteiger partial charge in [0.05, 0.1) is 0 Å². The fraction of sp³-hybridized carbons (Fsp3) is 0.154. The zero-order chi connectivity index (χ0) is 13.0. The number of hydrogen-bond acceptors (Lipinski definition) is 3. The molecule has 1 saturated heterocycles. The van der Waals surface area contributed by atoms with E-state index in [0.29, 0.717) is 5.56 Å². The van der Waals surface area contributed by atoms with Gasteiger partial charge in [-0.1, -0.05) is 24.1 Å². The monoisotopic (exact) mass is 242 g/mol. The van der Waals surface area contributed by atoms with Crippen LogP contribution in [0.4, 0.5) is 0 Å². The third-order valence-electron chi connectivity index (χ3n) is 2.32. The number of carbonyl (C=O) groups excluding carboxylic acids is 3. The molecule has 18 heavy (non-hydrogen) atoms. The molecule has 1 aromatic carbocycles. The van der Waals surface area contributed by atoms with Gasteiger partial charge in [0.2, 0.25) is 11.8 Å². The molecule has 0 radical (unpaired) electrons. The maximum atomic E-state index is 11.7. The summed E-state index contributed by atoms with van der Waals surface area (Å²) in [6.07, 6.45) is 0. The van der Waals surface area contributed by atoms with Gasteiger partial charge in [-0.25, -0.2) is 0 Å². The Labute approximate surface area is 104 Å². The van der Waals surface area contributed by atoms with Crippen LogP contribution in [-0.2, 0) is 14.4 Å². The minimum atomic E-state index is -0.526. The molecular weight excluding hydrogens is 232 g/mol. The molecule has 5 nitrogen and oxygen atoms in total. The average Bonchev–Trinajstić information content (AvgIpc) is 2.36. The SMILES string of the molecule is O=C1CN(C(=O)C#Cc2ccccc2)CC(=O)N1. The van der Waals surface area contributed by atoms with Gasteiger partial charge in [-0.2, -0.15) is 0 Å². The lowest BCUT2D eigenvalue weighted by molar-refractivity contribution is -0.142. The Hall–Kier alpha value is -2.61. The lowest BCUT2D eigenvalue weighted by atomic mass is 10.2. The summed E-state index contributed by atoms with van der Waals surface area (Å²) in [5.41, 5.74) is 0.707. The van der Waals surface area contributed by atoms with Gasteiger partial charge in [0.25, 0.3) is 5.91 Å². The first kappa shape index (κ1) is 11.9. The number of carbonyl (C=O) groups is 3. The molecule has 1 fully saturated rings. The molecule has 90 valence electrons. The summed E-state index contributed by atoms with van der Waals surface area (Å²) in [7, 11) is 0. The molecule has 0 saturated carbocycles. The highest BCUT2D eigenvalue weighted by molar-refractivity contribution is 6.05. The van der Waals surface area contributed by atoms with Crippen LogP contribution in [0.15, 0.2) is 30.3 Å². The fourth-order valence-electron chi connectivity index (χ4n) is 1.51. The lowest BCUT2D eigenvalue weighted by Gasteiger charge is -2.23. The Balaban J connectivity index is 2.07. The summed E-state index contributed by atoms with van der Waals surface area (Å²) in [5, 5.41) is 2.12. The van der Waals surface area contributed by atoms with Gasteiger partial charge in [0.15, 0.2) is 0 Å². The highest BCUT2D eigenvalue weighted by atomic mass is 16.2. The van der Waals surface area contributed by atoms with Crippen molar-refractivity contribution in [3.63, 3.8) is 0 Å². The Morgan fingerprint density at radius 3 is 2.33 bits per heavy atom. The van der Waals surface area contributed by atoms with Gasteiger partial charge >= 0.3 is 0 Å². The Morgan fingerprint density at radius 1 is 1.11 bits per heavy atom. The summed E-state index contributed by atoms with van der Waals surface area (Å²) in [6, 6.07) is 9.02. The van der Waals surface area contributed by atoms with E-state index in [0.717, 1.165) is 4.90 Å². The Kier molecular flexibility index (Phi) is 3.39. The zero-order valence-electron chi connectivity index (χ0n) is 9.47. The summed E-state index contributed by atoms with van der Waals surface area (Å²) in [6.45, 7) is -0.262. The van der Waals surface area contributed by atoms with Crippen molar-refractivity contribution in [2.24, 2.45) is 0 Å². The average molecular weight is 242 g/mol. The topological polar surface area (TPSA) is 66.5 Å². The van der Waals surface area contributed by atoms with Crippen molar-refractivity contribution in [2.45, 2.75) is 0 Å². The van der Waals surface area contributed by atoms with Gasteiger partial charge in [-0.3, -0.25) is 19.7 Å². The van der Waals surface area contributed by atoms with Crippen LogP contribution in [0.1, 0.15) is 5.56 Å². The predicted molar refractivity (Wildman–Crippen MR) is 63.0 cm³/mol. The van der Waals surface area contributed by atoms with Crippen LogP contribution in [0.5, 0.6) is 0 Å². The standard InChI is InChI=1S/C13H10N2O3/c16-11-8-15(9-12(17)14-11)13(18)7-6-10-4-2-1-3-5-10/h1-5H,8-9H2,(H,14,16,17). The molecule has 0 unspecified atom stereocenters. The second-order valence-corrected chi connectivity index (χ2v) is 3.75. The number of benzene rings is 1. The number of hydrogen-bond donors (Lipinski definition) is 1. The summed E-state index contributed by atoms with van der Waals surface area (Å²) in [5.74, 6) is 3.61. The van der Waals surface area contributed by atoms with Crippen LogP contribution in [-0.4, -0.2) is 35.7 Å². The van der Waals surface area contributed by atoms with Crippen LogP contribution < -0.4 is 5.32 Å². The number of imide groups is 1. The number of nitrogens with zero attached hydrogens (tertiary/aromatic N) is 1. The Morgan fingerprint density at radius 2 is 1.72 bits per heavy atom. The second-order valence-electron chi connectivity index (χ2n) is 3.75. The normalized spacial score (nSPS) is 14.6. The van der Waals surface area contributed by atoms with E-state index >= 15 is 0 Å². The molecule has 1 aromatic rings. The molecule has 0 bridgehead atoms. The smallest absolute Gasteiger partial charge is 0.299 e. The van der Waals surface area contributed by atoms with Crippen molar-refractivity contribution < 1.29 is 14.4 Å². The molecule has 0 atom stereocenters. The van der Waals surface area contributed by atoms with E-state index in [9.17, 15) is 14.4 Å². The molecule has 2 rings (SSSR count). The van der Waals surface area contributed by atoms with Crippen molar-refractivity contribution in [3.8, 4) is 11.8 Å². The van der Waals surface area contributed by atoms with E-state index in [4.69, 9.17) is 0 Å². The van der Waals surface area contributed by atoms with Crippen molar-refractivity contribution in [1.29, 1.82) is 0 Å². The quantitative estimate of drug-likeness (QED) is 0.494. The number of amides is 3. The van der Waals surface area contributed by atoms with Crippen molar-refractivity contribution in [2.75, 3.05) is 13.1 Å². The predicted octanol–water partition coefficient (Wildman–Crippen LogP) is -0.477. The molecule has 0 aromatic heterocycles. The molecule has 0 spiro atoms. The van der Waals surface area contributed by atoms with E-state index in [1.165, 1.54) is 0 Å². The maximum absolute atomic E-state index is 11.7.